The number of Topliss-reactive ketones (excluding diaryl/α,β-unsaturated/α-hetero) is 2. The van der Waals surface area contributed by atoms with E-state index in [1.165, 1.54) is 13.8 Å². The Kier molecular flexibility index (Phi) is 4.65. The second-order valence-corrected chi connectivity index (χ2v) is 2.20. The van der Waals surface area contributed by atoms with Gasteiger partial charge in [-0.15, -0.1) is 0 Å². The van der Waals surface area contributed by atoms with E-state index in [4.69, 9.17) is 9.84 Å². The molecule has 64 valence electrons. The first kappa shape index (κ1) is 10.3. The summed E-state index contributed by atoms with van der Waals surface area (Å²) in [5, 5.41) is 8.33. The minimum Gasteiger partial charge on any atom is -0.394 e. The lowest BCUT2D eigenvalue weighted by Gasteiger charge is -2.09. The number of aliphatic hydroxyl groups is 1. The zero-order valence-electron chi connectivity index (χ0n) is 6.66. The minimum atomic E-state index is -0.998. The van der Waals surface area contributed by atoms with E-state index in [2.05, 4.69) is 0 Å². The first-order valence-corrected chi connectivity index (χ1v) is 3.33. The topological polar surface area (TPSA) is 63.6 Å². The Hall–Kier alpha value is -0.740. The van der Waals surface area contributed by atoms with Gasteiger partial charge < -0.3 is 9.84 Å². The van der Waals surface area contributed by atoms with E-state index in [1.54, 1.807) is 0 Å². The van der Waals surface area contributed by atoms with Gasteiger partial charge in [0.1, 0.15) is 0 Å². The highest BCUT2D eigenvalue weighted by Gasteiger charge is 2.18. The molecule has 0 unspecified atom stereocenters. The van der Waals surface area contributed by atoms with Crippen molar-refractivity contribution in [3.63, 3.8) is 0 Å². The Morgan fingerprint density at radius 2 is 1.82 bits per heavy atom. The van der Waals surface area contributed by atoms with Crippen molar-refractivity contribution in [2.75, 3.05) is 13.2 Å². The molecule has 0 aromatic heterocycles. The molecule has 0 spiro atoms. The summed E-state index contributed by atoms with van der Waals surface area (Å²) in [4.78, 5) is 21.3. The Labute approximate surface area is 65.2 Å². The Morgan fingerprint density at radius 3 is 2.09 bits per heavy atom. The molecule has 0 aromatic rings. The van der Waals surface area contributed by atoms with Crippen molar-refractivity contribution in [1.29, 1.82) is 0 Å². The van der Waals surface area contributed by atoms with Gasteiger partial charge in [0.05, 0.1) is 13.2 Å². The van der Waals surface area contributed by atoms with Crippen LogP contribution >= 0.6 is 0 Å². The van der Waals surface area contributed by atoms with E-state index < -0.39 is 6.10 Å². The lowest BCUT2D eigenvalue weighted by atomic mass is 10.2. The van der Waals surface area contributed by atoms with Crippen LogP contribution in [0, 0.1) is 0 Å². The smallest absolute Gasteiger partial charge is 0.173 e. The molecule has 0 aliphatic carbocycles. The summed E-state index contributed by atoms with van der Waals surface area (Å²) in [6, 6.07) is 0. The van der Waals surface area contributed by atoms with Crippen molar-refractivity contribution in [1.82, 2.24) is 0 Å². The fourth-order valence-electron chi connectivity index (χ4n) is 0.692. The fourth-order valence-corrected chi connectivity index (χ4v) is 0.692. The molecule has 4 nitrogen and oxygen atoms in total. The third-order valence-electron chi connectivity index (χ3n) is 1.11. The van der Waals surface area contributed by atoms with Crippen molar-refractivity contribution >= 4 is 11.6 Å². The summed E-state index contributed by atoms with van der Waals surface area (Å²) in [7, 11) is 0. The predicted octanol–water partition coefficient (Wildman–Crippen LogP) is -0.458. The van der Waals surface area contributed by atoms with Gasteiger partial charge in [0.15, 0.2) is 17.7 Å². The van der Waals surface area contributed by atoms with Crippen molar-refractivity contribution in [3.05, 3.63) is 0 Å². The molecular formula is C7H12O4. The molecule has 0 amide bonds. The molecular weight excluding hydrogens is 148 g/mol. The Morgan fingerprint density at radius 1 is 1.36 bits per heavy atom. The molecule has 0 atom stereocenters. The average molecular weight is 160 g/mol. The lowest BCUT2D eigenvalue weighted by molar-refractivity contribution is -0.140. The first-order chi connectivity index (χ1) is 5.09. The molecule has 0 radical (unpaired) electrons. The van der Waals surface area contributed by atoms with Crippen LogP contribution in [0.25, 0.3) is 0 Å². The van der Waals surface area contributed by atoms with Gasteiger partial charge in [0.25, 0.3) is 0 Å². The normalized spacial score (nSPS) is 10.2. The Bertz CT molecular complexity index is 139. The number of carbonyl (C=O) groups excluding carboxylic acids is 2. The van der Waals surface area contributed by atoms with Crippen LogP contribution < -0.4 is 0 Å². The highest BCUT2D eigenvalue weighted by atomic mass is 16.5. The number of rotatable bonds is 5. The molecule has 0 rings (SSSR count). The van der Waals surface area contributed by atoms with Crippen LogP contribution in [0.3, 0.4) is 0 Å². The van der Waals surface area contributed by atoms with Crippen LogP contribution in [-0.4, -0.2) is 36.0 Å². The van der Waals surface area contributed by atoms with Crippen LogP contribution in [0.1, 0.15) is 13.8 Å². The SMILES string of the molecule is CC(=O)C(OCCO)C(C)=O. The van der Waals surface area contributed by atoms with Gasteiger partial charge >= 0.3 is 0 Å². The summed E-state index contributed by atoms with van der Waals surface area (Å²) in [5.74, 6) is -0.656. The second kappa shape index (κ2) is 4.98. The molecule has 0 heterocycles. The van der Waals surface area contributed by atoms with E-state index in [1.807, 2.05) is 0 Å². The van der Waals surface area contributed by atoms with E-state index >= 15 is 0 Å². The molecule has 0 bridgehead atoms. The average Bonchev–Trinajstić information content (AvgIpc) is 1.87. The highest BCUT2D eigenvalue weighted by molar-refractivity contribution is 6.03. The van der Waals surface area contributed by atoms with Crippen molar-refractivity contribution in [2.24, 2.45) is 0 Å². The highest BCUT2D eigenvalue weighted by Crippen LogP contribution is 1.94. The number of aliphatic hydroxyl groups excluding tert-OH is 1. The number of carbonyl (C=O) groups is 2. The largest absolute Gasteiger partial charge is 0.394 e. The Balaban J connectivity index is 3.90. The molecule has 4 heteroatoms. The maximum Gasteiger partial charge on any atom is 0.173 e. The van der Waals surface area contributed by atoms with Gasteiger partial charge in [-0.3, -0.25) is 9.59 Å². The van der Waals surface area contributed by atoms with Gasteiger partial charge in [-0.1, -0.05) is 0 Å². The van der Waals surface area contributed by atoms with Crippen molar-refractivity contribution in [3.8, 4) is 0 Å². The van der Waals surface area contributed by atoms with Crippen molar-refractivity contribution in [2.45, 2.75) is 20.0 Å². The van der Waals surface area contributed by atoms with Crippen LogP contribution in [0.5, 0.6) is 0 Å². The summed E-state index contributed by atoms with van der Waals surface area (Å²) in [6.45, 7) is 2.40. The van der Waals surface area contributed by atoms with Crippen LogP contribution in [0.2, 0.25) is 0 Å². The van der Waals surface area contributed by atoms with E-state index in [0.29, 0.717) is 0 Å². The second-order valence-electron chi connectivity index (χ2n) is 2.20. The van der Waals surface area contributed by atoms with Crippen LogP contribution in [0.4, 0.5) is 0 Å². The monoisotopic (exact) mass is 160 g/mol. The number of hydrogen-bond donors (Lipinski definition) is 1. The van der Waals surface area contributed by atoms with Crippen LogP contribution in [-0.2, 0) is 14.3 Å². The standard InChI is InChI=1S/C7H12O4/c1-5(9)7(6(2)10)11-4-3-8/h7-8H,3-4H2,1-2H3. The van der Waals surface area contributed by atoms with Gasteiger partial charge in [0, 0.05) is 0 Å². The maximum absolute atomic E-state index is 10.7. The summed E-state index contributed by atoms with van der Waals surface area (Å²) in [5.41, 5.74) is 0. The molecule has 0 aromatic carbocycles. The first-order valence-electron chi connectivity index (χ1n) is 3.33. The minimum absolute atomic E-state index is 0.0177. The zero-order valence-corrected chi connectivity index (χ0v) is 6.66. The van der Waals surface area contributed by atoms with Gasteiger partial charge in [-0.25, -0.2) is 0 Å². The lowest BCUT2D eigenvalue weighted by Crippen LogP contribution is -2.30. The predicted molar refractivity (Wildman–Crippen MR) is 38.2 cm³/mol. The van der Waals surface area contributed by atoms with Crippen molar-refractivity contribution < 1.29 is 19.4 Å². The number of ketones is 2. The van der Waals surface area contributed by atoms with Gasteiger partial charge in [-0.2, -0.15) is 0 Å². The van der Waals surface area contributed by atoms with E-state index in [9.17, 15) is 9.59 Å². The third-order valence-corrected chi connectivity index (χ3v) is 1.11. The van der Waals surface area contributed by atoms with Crippen LogP contribution in [0.15, 0.2) is 0 Å². The molecule has 0 aliphatic rings. The quantitative estimate of drug-likeness (QED) is 0.553. The fraction of sp³-hybridized carbons (Fsp3) is 0.714. The van der Waals surface area contributed by atoms with E-state index in [-0.39, 0.29) is 24.8 Å². The number of hydrogen-bond acceptors (Lipinski definition) is 4. The summed E-state index contributed by atoms with van der Waals surface area (Å²) in [6.07, 6.45) is -0.998. The molecule has 0 aliphatic heterocycles. The number of ether oxygens (including phenoxy) is 1. The summed E-state index contributed by atoms with van der Waals surface area (Å²) >= 11 is 0. The van der Waals surface area contributed by atoms with Gasteiger partial charge in [-0.05, 0) is 13.8 Å². The maximum atomic E-state index is 10.7. The van der Waals surface area contributed by atoms with Gasteiger partial charge in [0.2, 0.25) is 0 Å². The zero-order chi connectivity index (χ0) is 8.85. The molecule has 1 N–H and O–H groups in total. The van der Waals surface area contributed by atoms with E-state index in [0.717, 1.165) is 0 Å². The molecule has 0 saturated heterocycles. The third kappa shape index (κ3) is 3.85. The molecule has 0 fully saturated rings. The molecule has 0 saturated carbocycles. The summed E-state index contributed by atoms with van der Waals surface area (Å²) < 4.78 is 4.77. The molecule has 11 heavy (non-hydrogen) atoms.